The van der Waals surface area contributed by atoms with Crippen LogP contribution in [0.3, 0.4) is 0 Å². The van der Waals surface area contributed by atoms with E-state index in [1.54, 1.807) is 49.4 Å². The summed E-state index contributed by atoms with van der Waals surface area (Å²) in [6, 6.07) is 14.8. The molecule has 156 valence electrons. The number of esters is 2. The van der Waals surface area contributed by atoms with Crippen LogP contribution in [0, 0.1) is 0 Å². The minimum Gasteiger partial charge on any atom is -0.469 e. The van der Waals surface area contributed by atoms with Gasteiger partial charge in [0.15, 0.2) is 0 Å². The number of hydrogen-bond donors (Lipinski definition) is 0. The van der Waals surface area contributed by atoms with E-state index in [4.69, 9.17) is 9.47 Å². The number of aromatic nitrogens is 1. The molecule has 3 aromatic rings. The van der Waals surface area contributed by atoms with E-state index in [-0.39, 0.29) is 23.6 Å². The molecule has 0 N–H and O–H groups in total. The van der Waals surface area contributed by atoms with Crippen LogP contribution in [-0.2, 0) is 35.5 Å². The zero-order valence-electron chi connectivity index (χ0n) is 16.6. The number of carbonyl (C=O) groups is 2. The molecular weight excluding hydrogens is 406 g/mol. The van der Waals surface area contributed by atoms with E-state index < -0.39 is 22.0 Å². The van der Waals surface area contributed by atoms with Crippen molar-refractivity contribution in [3.05, 3.63) is 71.9 Å². The maximum absolute atomic E-state index is 13.5. The molecule has 8 heteroatoms. The van der Waals surface area contributed by atoms with Gasteiger partial charge in [-0.05, 0) is 31.2 Å². The van der Waals surface area contributed by atoms with E-state index >= 15 is 0 Å². The molecule has 0 saturated heterocycles. The van der Waals surface area contributed by atoms with Gasteiger partial charge in [-0.2, -0.15) is 0 Å². The largest absolute Gasteiger partial charge is 0.469 e. The van der Waals surface area contributed by atoms with Gasteiger partial charge >= 0.3 is 11.9 Å². The van der Waals surface area contributed by atoms with Crippen LogP contribution in [0.5, 0.6) is 0 Å². The van der Waals surface area contributed by atoms with Crippen LogP contribution in [0.4, 0.5) is 0 Å². The second kappa shape index (κ2) is 8.96. The number of rotatable bonds is 7. The molecule has 2 aromatic carbocycles. The summed E-state index contributed by atoms with van der Waals surface area (Å²) in [6.07, 6.45) is 2.39. The van der Waals surface area contributed by atoms with E-state index in [1.807, 2.05) is 0 Å². The highest BCUT2D eigenvalue weighted by Gasteiger charge is 2.27. The molecule has 0 bridgehead atoms. The van der Waals surface area contributed by atoms with Crippen molar-refractivity contribution in [2.75, 3.05) is 13.7 Å². The summed E-state index contributed by atoms with van der Waals surface area (Å²) in [6.45, 7) is 1.90. The molecule has 0 unspecified atom stereocenters. The van der Waals surface area contributed by atoms with Crippen LogP contribution in [0.15, 0.2) is 65.6 Å². The fraction of sp³-hybridized carbons (Fsp3) is 0.182. The third-order valence-electron chi connectivity index (χ3n) is 4.46. The SMILES string of the molecule is CCOC(=O)/C=C/c1c(CC(=O)OC)n(S(=O)(=O)c2ccccc2)c2ccccc12. The fourth-order valence-electron chi connectivity index (χ4n) is 3.16. The topological polar surface area (TPSA) is 91.7 Å². The average molecular weight is 427 g/mol. The molecule has 1 aromatic heterocycles. The summed E-state index contributed by atoms with van der Waals surface area (Å²) in [7, 11) is -2.79. The Morgan fingerprint density at radius 1 is 1.03 bits per heavy atom. The Kier molecular flexibility index (Phi) is 6.37. The van der Waals surface area contributed by atoms with Gasteiger partial charge in [-0.25, -0.2) is 17.2 Å². The summed E-state index contributed by atoms with van der Waals surface area (Å²) in [5.74, 6) is -1.17. The highest BCUT2D eigenvalue weighted by atomic mass is 32.2. The van der Waals surface area contributed by atoms with Crippen LogP contribution in [-0.4, -0.2) is 38.0 Å². The first-order valence-electron chi connectivity index (χ1n) is 9.24. The number of para-hydroxylation sites is 1. The van der Waals surface area contributed by atoms with Gasteiger partial charge in [-0.3, -0.25) is 4.79 Å². The lowest BCUT2D eigenvalue weighted by Gasteiger charge is -2.12. The number of fused-ring (bicyclic) bond motifs is 1. The molecule has 7 nitrogen and oxygen atoms in total. The minimum atomic E-state index is -4.02. The highest BCUT2D eigenvalue weighted by molar-refractivity contribution is 7.90. The molecule has 0 spiro atoms. The van der Waals surface area contributed by atoms with Gasteiger partial charge in [-0.15, -0.1) is 0 Å². The van der Waals surface area contributed by atoms with E-state index in [0.29, 0.717) is 16.5 Å². The third kappa shape index (κ3) is 4.13. The molecule has 3 rings (SSSR count). The maximum Gasteiger partial charge on any atom is 0.330 e. The molecule has 0 atom stereocenters. The first-order valence-corrected chi connectivity index (χ1v) is 10.7. The van der Waals surface area contributed by atoms with Crippen LogP contribution < -0.4 is 0 Å². The molecule has 1 heterocycles. The number of methoxy groups -OCH3 is 1. The molecule has 0 radical (unpaired) electrons. The van der Waals surface area contributed by atoms with Crippen LogP contribution >= 0.6 is 0 Å². The van der Waals surface area contributed by atoms with Crippen LogP contribution in [0.1, 0.15) is 18.2 Å². The van der Waals surface area contributed by atoms with E-state index in [1.165, 1.54) is 31.4 Å². The van der Waals surface area contributed by atoms with Gasteiger partial charge < -0.3 is 9.47 Å². The van der Waals surface area contributed by atoms with Crippen molar-refractivity contribution in [1.82, 2.24) is 3.97 Å². The monoisotopic (exact) mass is 427 g/mol. The Balaban J connectivity index is 2.32. The molecule has 0 saturated carbocycles. The average Bonchev–Trinajstić information content (AvgIpc) is 3.06. The zero-order chi connectivity index (χ0) is 21.7. The summed E-state index contributed by atoms with van der Waals surface area (Å²) in [4.78, 5) is 24.0. The first-order chi connectivity index (χ1) is 14.4. The zero-order valence-corrected chi connectivity index (χ0v) is 17.4. The van der Waals surface area contributed by atoms with E-state index in [9.17, 15) is 18.0 Å². The molecule has 0 aliphatic carbocycles. The van der Waals surface area contributed by atoms with Crippen molar-refractivity contribution >= 4 is 38.9 Å². The van der Waals surface area contributed by atoms with Gasteiger partial charge in [0.1, 0.15) is 0 Å². The number of hydrogen-bond acceptors (Lipinski definition) is 6. The Morgan fingerprint density at radius 2 is 1.70 bits per heavy atom. The first kappa shape index (κ1) is 21.3. The normalized spacial score (nSPS) is 11.7. The van der Waals surface area contributed by atoms with E-state index in [2.05, 4.69) is 0 Å². The predicted molar refractivity (Wildman–Crippen MR) is 112 cm³/mol. The molecule has 0 aliphatic rings. The number of carbonyl (C=O) groups excluding carboxylic acids is 2. The quantitative estimate of drug-likeness (QED) is 0.425. The molecule has 0 fully saturated rings. The summed E-state index contributed by atoms with van der Waals surface area (Å²) in [5, 5.41) is 0.580. The summed E-state index contributed by atoms with van der Waals surface area (Å²) in [5.41, 5.74) is 1.03. The standard InChI is InChI=1S/C22H21NO6S/c1-3-29-21(24)14-13-18-17-11-7-8-12-19(17)23(20(18)15-22(25)28-2)30(26,27)16-9-5-4-6-10-16/h4-14H,3,15H2,1-2H3/b14-13+. The molecule has 0 amide bonds. The maximum atomic E-state index is 13.5. The van der Waals surface area contributed by atoms with Crippen LogP contribution in [0.25, 0.3) is 17.0 Å². The Hall–Kier alpha value is -3.39. The second-order valence-electron chi connectivity index (χ2n) is 6.30. The number of nitrogens with zero attached hydrogens (tertiary/aromatic N) is 1. The van der Waals surface area contributed by atoms with Crippen molar-refractivity contribution in [3.63, 3.8) is 0 Å². The van der Waals surface area contributed by atoms with Gasteiger partial charge in [0.2, 0.25) is 0 Å². The number of benzene rings is 2. The lowest BCUT2D eigenvalue weighted by Crippen LogP contribution is -2.18. The minimum absolute atomic E-state index is 0.0813. The molecular formula is C22H21NO6S. The smallest absolute Gasteiger partial charge is 0.330 e. The Labute approximate surface area is 174 Å². The van der Waals surface area contributed by atoms with Crippen molar-refractivity contribution < 1.29 is 27.5 Å². The highest BCUT2D eigenvalue weighted by Crippen LogP contribution is 2.32. The van der Waals surface area contributed by atoms with Crippen molar-refractivity contribution in [2.24, 2.45) is 0 Å². The van der Waals surface area contributed by atoms with Crippen molar-refractivity contribution in [3.8, 4) is 0 Å². The van der Waals surface area contributed by atoms with E-state index in [0.717, 1.165) is 3.97 Å². The number of ether oxygens (including phenoxy) is 2. The lowest BCUT2D eigenvalue weighted by molar-refractivity contribution is -0.140. The second-order valence-corrected chi connectivity index (χ2v) is 8.08. The lowest BCUT2D eigenvalue weighted by atomic mass is 10.1. The Bertz CT molecular complexity index is 1210. The van der Waals surface area contributed by atoms with Gasteiger partial charge in [-0.1, -0.05) is 36.4 Å². The molecule has 30 heavy (non-hydrogen) atoms. The van der Waals surface area contributed by atoms with Crippen molar-refractivity contribution in [2.45, 2.75) is 18.2 Å². The third-order valence-corrected chi connectivity index (χ3v) is 6.23. The van der Waals surface area contributed by atoms with Gasteiger partial charge in [0, 0.05) is 17.0 Å². The van der Waals surface area contributed by atoms with Gasteiger partial charge in [0.25, 0.3) is 10.0 Å². The van der Waals surface area contributed by atoms with Crippen molar-refractivity contribution in [1.29, 1.82) is 0 Å². The summed E-state index contributed by atoms with van der Waals surface area (Å²) < 4.78 is 37.8. The molecule has 0 aliphatic heterocycles. The van der Waals surface area contributed by atoms with Crippen LogP contribution in [0.2, 0.25) is 0 Å². The van der Waals surface area contributed by atoms with Gasteiger partial charge in [0.05, 0.1) is 36.2 Å². The predicted octanol–water partition coefficient (Wildman–Crippen LogP) is 3.17. The summed E-state index contributed by atoms with van der Waals surface area (Å²) >= 11 is 0. The fourth-order valence-corrected chi connectivity index (χ4v) is 4.75. The Morgan fingerprint density at radius 3 is 2.37 bits per heavy atom.